The first kappa shape index (κ1) is 26.8. The SMILES string of the molecule is CC(C)(C)C[C@H](NC(=O)[C@@H]1C[C@H]1c1ccccc1)C(=O)NC(C[C@@H]1CCNC1=O)C(=O)C(=O)NC1CC1. The lowest BCUT2D eigenvalue weighted by Gasteiger charge is -2.28. The van der Waals surface area contributed by atoms with E-state index in [1.54, 1.807) is 0 Å². The van der Waals surface area contributed by atoms with Crippen molar-refractivity contribution in [3.05, 3.63) is 35.9 Å². The van der Waals surface area contributed by atoms with Crippen molar-refractivity contribution in [3.63, 3.8) is 0 Å². The van der Waals surface area contributed by atoms with Crippen LogP contribution in [0.4, 0.5) is 0 Å². The number of carbonyl (C=O) groups excluding carboxylic acids is 5. The molecule has 1 aromatic carbocycles. The van der Waals surface area contributed by atoms with Gasteiger partial charge in [-0.15, -0.1) is 0 Å². The first-order valence-electron chi connectivity index (χ1n) is 13.3. The molecule has 5 atom stereocenters. The fraction of sp³-hybridized carbons (Fsp3) is 0.607. The quantitative estimate of drug-likeness (QED) is 0.336. The second kappa shape index (κ2) is 11.0. The summed E-state index contributed by atoms with van der Waals surface area (Å²) < 4.78 is 0. The minimum absolute atomic E-state index is 0.00777. The van der Waals surface area contributed by atoms with E-state index in [2.05, 4.69) is 21.3 Å². The maximum atomic E-state index is 13.5. The van der Waals surface area contributed by atoms with Crippen LogP contribution in [0.25, 0.3) is 0 Å². The number of ketones is 1. The predicted octanol–water partition coefficient (Wildman–Crippen LogP) is 1.57. The standard InChI is InChI=1S/C28H38N4O5/c1-28(2,3)15-22(32-25(35)20-14-19(20)16-7-5-4-6-8-16)26(36)31-21(13-17-11-12-29-24(17)34)23(33)27(37)30-18-9-10-18/h4-8,17-22H,9-15H2,1-3H3,(H,29,34)(H,30,37)(H,31,36)(H,32,35)/t17-,19-,20+,21?,22-/m0/s1. The van der Waals surface area contributed by atoms with Gasteiger partial charge >= 0.3 is 0 Å². The van der Waals surface area contributed by atoms with Gasteiger partial charge in [-0.1, -0.05) is 51.1 Å². The maximum absolute atomic E-state index is 13.5. The molecule has 0 aromatic heterocycles. The lowest BCUT2D eigenvalue weighted by atomic mass is 9.87. The molecule has 37 heavy (non-hydrogen) atoms. The van der Waals surface area contributed by atoms with E-state index in [0.29, 0.717) is 19.4 Å². The molecule has 4 amide bonds. The van der Waals surface area contributed by atoms with Crippen molar-refractivity contribution in [2.24, 2.45) is 17.3 Å². The summed E-state index contributed by atoms with van der Waals surface area (Å²) in [6.45, 7) is 6.41. The average molecular weight is 511 g/mol. The van der Waals surface area contributed by atoms with E-state index in [0.717, 1.165) is 24.8 Å². The lowest BCUT2D eigenvalue weighted by molar-refractivity contribution is -0.141. The van der Waals surface area contributed by atoms with Crippen molar-refractivity contribution in [1.29, 1.82) is 0 Å². The van der Waals surface area contributed by atoms with Crippen LogP contribution in [0.15, 0.2) is 30.3 Å². The minimum atomic E-state index is -1.14. The Morgan fingerprint density at radius 1 is 1.00 bits per heavy atom. The van der Waals surface area contributed by atoms with Crippen molar-refractivity contribution >= 4 is 29.4 Å². The van der Waals surface area contributed by atoms with Crippen LogP contribution < -0.4 is 21.3 Å². The first-order chi connectivity index (χ1) is 17.5. The van der Waals surface area contributed by atoms with E-state index in [4.69, 9.17) is 0 Å². The Balaban J connectivity index is 1.44. The van der Waals surface area contributed by atoms with Crippen LogP contribution in [-0.4, -0.2) is 54.1 Å². The van der Waals surface area contributed by atoms with E-state index in [9.17, 15) is 24.0 Å². The highest BCUT2D eigenvalue weighted by Gasteiger charge is 2.45. The van der Waals surface area contributed by atoms with Crippen LogP contribution in [-0.2, 0) is 24.0 Å². The molecule has 200 valence electrons. The third-order valence-corrected chi connectivity index (χ3v) is 7.26. The molecule has 2 saturated carbocycles. The molecule has 9 nitrogen and oxygen atoms in total. The molecule has 3 fully saturated rings. The number of rotatable bonds is 11. The zero-order valence-corrected chi connectivity index (χ0v) is 21.8. The molecule has 0 bridgehead atoms. The van der Waals surface area contributed by atoms with Gasteiger partial charge in [0.15, 0.2) is 0 Å². The van der Waals surface area contributed by atoms with Crippen molar-refractivity contribution in [2.45, 2.75) is 83.3 Å². The Hall–Kier alpha value is -3.23. The monoisotopic (exact) mass is 510 g/mol. The highest BCUT2D eigenvalue weighted by molar-refractivity contribution is 6.38. The summed E-state index contributed by atoms with van der Waals surface area (Å²) in [5.41, 5.74) is 0.813. The summed E-state index contributed by atoms with van der Waals surface area (Å²) in [7, 11) is 0. The third-order valence-electron chi connectivity index (χ3n) is 7.26. The Bertz CT molecular complexity index is 1050. The molecule has 1 heterocycles. The summed E-state index contributed by atoms with van der Waals surface area (Å²) in [5, 5.41) is 11.0. The second-order valence-electron chi connectivity index (χ2n) is 11.9. The number of amides is 4. The summed E-state index contributed by atoms with van der Waals surface area (Å²) in [4.78, 5) is 64.3. The van der Waals surface area contributed by atoms with E-state index in [1.165, 1.54) is 0 Å². The first-order valence-corrected chi connectivity index (χ1v) is 13.3. The fourth-order valence-corrected chi connectivity index (χ4v) is 4.95. The summed E-state index contributed by atoms with van der Waals surface area (Å²) in [6, 6.07) is 7.80. The van der Waals surface area contributed by atoms with Gasteiger partial charge in [0.2, 0.25) is 23.5 Å². The van der Waals surface area contributed by atoms with Gasteiger partial charge in [0.1, 0.15) is 6.04 Å². The average Bonchev–Trinajstić information content (AvgIpc) is 3.77. The molecular weight excluding hydrogens is 472 g/mol. The van der Waals surface area contributed by atoms with E-state index >= 15 is 0 Å². The molecule has 4 rings (SSSR count). The Morgan fingerprint density at radius 2 is 1.70 bits per heavy atom. The number of hydrogen-bond acceptors (Lipinski definition) is 5. The Morgan fingerprint density at radius 3 is 2.30 bits per heavy atom. The third kappa shape index (κ3) is 7.40. The van der Waals surface area contributed by atoms with E-state index < -0.39 is 35.6 Å². The molecule has 0 spiro atoms. The highest BCUT2D eigenvalue weighted by Crippen LogP contribution is 2.47. The van der Waals surface area contributed by atoms with Crippen LogP contribution in [0.1, 0.15) is 70.8 Å². The molecular formula is C28H38N4O5. The van der Waals surface area contributed by atoms with Crippen molar-refractivity contribution < 1.29 is 24.0 Å². The van der Waals surface area contributed by atoms with Gasteiger partial charge in [-0.3, -0.25) is 24.0 Å². The minimum Gasteiger partial charge on any atom is -0.356 e. The van der Waals surface area contributed by atoms with Crippen LogP contribution in [0.2, 0.25) is 0 Å². The molecule has 1 aromatic rings. The number of benzene rings is 1. The number of carbonyl (C=O) groups is 5. The van der Waals surface area contributed by atoms with Crippen molar-refractivity contribution in [2.75, 3.05) is 6.54 Å². The van der Waals surface area contributed by atoms with Gasteiger partial charge in [0.05, 0.1) is 6.04 Å². The van der Waals surface area contributed by atoms with Crippen molar-refractivity contribution in [3.8, 4) is 0 Å². The normalized spacial score (nSPS) is 24.4. The smallest absolute Gasteiger partial charge is 0.289 e. The second-order valence-corrected chi connectivity index (χ2v) is 11.9. The molecule has 1 unspecified atom stereocenters. The Kier molecular flexibility index (Phi) is 7.99. The van der Waals surface area contributed by atoms with E-state index in [-0.39, 0.29) is 41.5 Å². The van der Waals surface area contributed by atoms with E-state index in [1.807, 2.05) is 51.1 Å². The van der Waals surface area contributed by atoms with Crippen LogP contribution >= 0.6 is 0 Å². The van der Waals surface area contributed by atoms with Gasteiger partial charge in [0.25, 0.3) is 5.91 Å². The lowest BCUT2D eigenvalue weighted by Crippen LogP contribution is -2.55. The largest absolute Gasteiger partial charge is 0.356 e. The fourth-order valence-electron chi connectivity index (χ4n) is 4.95. The molecule has 4 N–H and O–H groups in total. The van der Waals surface area contributed by atoms with Gasteiger partial charge < -0.3 is 21.3 Å². The van der Waals surface area contributed by atoms with Gasteiger partial charge in [-0.2, -0.15) is 0 Å². The maximum Gasteiger partial charge on any atom is 0.289 e. The zero-order chi connectivity index (χ0) is 26.7. The molecule has 1 aliphatic heterocycles. The number of hydrogen-bond donors (Lipinski definition) is 4. The highest BCUT2D eigenvalue weighted by atomic mass is 16.2. The topological polar surface area (TPSA) is 133 Å². The predicted molar refractivity (Wildman–Crippen MR) is 137 cm³/mol. The molecule has 3 aliphatic rings. The summed E-state index contributed by atoms with van der Waals surface area (Å²) in [6.07, 6.45) is 3.31. The van der Waals surface area contributed by atoms with Gasteiger partial charge in [0, 0.05) is 24.4 Å². The summed E-state index contributed by atoms with van der Waals surface area (Å²) >= 11 is 0. The number of nitrogens with one attached hydrogen (secondary N) is 4. The van der Waals surface area contributed by atoms with Crippen molar-refractivity contribution in [1.82, 2.24) is 21.3 Å². The molecule has 0 radical (unpaired) electrons. The molecule has 9 heteroatoms. The zero-order valence-electron chi connectivity index (χ0n) is 21.8. The van der Waals surface area contributed by atoms with Crippen LogP contribution in [0, 0.1) is 17.3 Å². The number of Topliss-reactive ketones (excluding diaryl/α,β-unsaturated/α-hetero) is 1. The Labute approximate surface area is 217 Å². The molecule has 2 aliphatic carbocycles. The summed E-state index contributed by atoms with van der Waals surface area (Å²) in [5.74, 6) is -2.94. The van der Waals surface area contributed by atoms with Crippen LogP contribution in [0.5, 0.6) is 0 Å². The van der Waals surface area contributed by atoms with Gasteiger partial charge in [-0.05, 0) is 55.4 Å². The van der Waals surface area contributed by atoms with Crippen LogP contribution in [0.3, 0.4) is 0 Å². The van der Waals surface area contributed by atoms with Gasteiger partial charge in [-0.25, -0.2) is 0 Å². The molecule has 1 saturated heterocycles.